The molecule has 36 heavy (non-hydrogen) atoms. The lowest BCUT2D eigenvalue weighted by Gasteiger charge is -2.62. The van der Waals surface area contributed by atoms with Crippen molar-refractivity contribution in [1.82, 2.24) is 9.97 Å². The molecule has 0 spiro atoms. The van der Waals surface area contributed by atoms with Crippen molar-refractivity contribution in [3.8, 4) is 0 Å². The number of aliphatic hydroxyl groups is 2. The molecule has 0 saturated heterocycles. The Labute approximate surface area is 213 Å². The number of hydrogen-bond acceptors (Lipinski definition) is 6. The van der Waals surface area contributed by atoms with Gasteiger partial charge in [0.05, 0.1) is 17.7 Å². The Kier molecular flexibility index (Phi) is 6.07. The van der Waals surface area contributed by atoms with Crippen LogP contribution in [0.5, 0.6) is 0 Å². The number of pyridine rings is 1. The number of nitrogens with zero attached hydrogens (tertiary/aromatic N) is 2. The SMILES string of the molecule is C[C@H](CCc1nc2cccnc2c(=O)o1)[C@H]1CC[C@H]2[C@@H]3CC[C@@H]4C[C@H](O)CC[C@]4(C)C3C[C@H](O)[C@]12C. The lowest BCUT2D eigenvalue weighted by atomic mass is 9.43. The average Bonchev–Trinajstić information content (AvgIpc) is 3.22. The summed E-state index contributed by atoms with van der Waals surface area (Å²) in [7, 11) is 0. The smallest absolute Gasteiger partial charge is 0.365 e. The maximum atomic E-state index is 12.3. The number of rotatable bonds is 4. The van der Waals surface area contributed by atoms with E-state index in [0.717, 1.165) is 32.1 Å². The lowest BCUT2D eigenvalue weighted by molar-refractivity contribution is -0.174. The van der Waals surface area contributed by atoms with Crippen LogP contribution in [-0.4, -0.2) is 32.4 Å². The van der Waals surface area contributed by atoms with Gasteiger partial charge in [0.25, 0.3) is 0 Å². The minimum atomic E-state index is -0.413. The molecule has 0 bridgehead atoms. The number of aliphatic hydroxyl groups excluding tert-OH is 2. The molecule has 0 aliphatic heterocycles. The zero-order valence-electron chi connectivity index (χ0n) is 22.0. The molecule has 10 atom stereocenters. The van der Waals surface area contributed by atoms with E-state index in [0.29, 0.717) is 53.3 Å². The molecule has 0 radical (unpaired) electrons. The van der Waals surface area contributed by atoms with Crippen molar-refractivity contribution in [2.45, 2.75) is 97.2 Å². The van der Waals surface area contributed by atoms with Crippen molar-refractivity contribution in [3.05, 3.63) is 34.6 Å². The highest BCUT2D eigenvalue weighted by Crippen LogP contribution is 2.68. The van der Waals surface area contributed by atoms with E-state index >= 15 is 0 Å². The molecule has 6 heteroatoms. The monoisotopic (exact) mass is 494 g/mol. The van der Waals surface area contributed by atoms with Gasteiger partial charge in [-0.1, -0.05) is 20.8 Å². The molecule has 4 fully saturated rings. The molecule has 2 heterocycles. The van der Waals surface area contributed by atoms with Crippen LogP contribution in [0.25, 0.3) is 11.0 Å². The topological polar surface area (TPSA) is 96.5 Å². The summed E-state index contributed by atoms with van der Waals surface area (Å²) < 4.78 is 5.50. The zero-order valence-corrected chi connectivity index (χ0v) is 22.0. The third-order valence-electron chi connectivity index (χ3n) is 11.8. The summed E-state index contributed by atoms with van der Waals surface area (Å²) in [6, 6.07) is 3.60. The predicted octanol–water partition coefficient (Wildman–Crippen LogP) is 5.14. The Morgan fingerprint density at radius 3 is 2.78 bits per heavy atom. The first-order valence-electron chi connectivity index (χ1n) is 14.3. The summed E-state index contributed by atoms with van der Waals surface area (Å²) in [6.45, 7) is 7.18. The number of aryl methyl sites for hydroxylation is 1. The Morgan fingerprint density at radius 2 is 1.94 bits per heavy atom. The predicted molar refractivity (Wildman–Crippen MR) is 138 cm³/mol. The molecule has 6 rings (SSSR count). The molecule has 2 N–H and O–H groups in total. The van der Waals surface area contributed by atoms with Crippen LogP contribution in [0, 0.1) is 46.3 Å². The van der Waals surface area contributed by atoms with Gasteiger partial charge in [0.2, 0.25) is 0 Å². The normalized spacial score (nSPS) is 43.0. The van der Waals surface area contributed by atoms with Crippen molar-refractivity contribution < 1.29 is 14.6 Å². The molecule has 2 aromatic rings. The van der Waals surface area contributed by atoms with Crippen molar-refractivity contribution in [2.24, 2.45) is 46.3 Å². The molecule has 0 amide bonds. The first-order valence-corrected chi connectivity index (χ1v) is 14.3. The van der Waals surface area contributed by atoms with Gasteiger partial charge in [0, 0.05) is 12.6 Å². The average molecular weight is 495 g/mol. The molecule has 4 aliphatic carbocycles. The highest BCUT2D eigenvalue weighted by molar-refractivity contribution is 5.71. The minimum Gasteiger partial charge on any atom is -0.407 e. The summed E-state index contributed by atoms with van der Waals surface area (Å²) in [4.78, 5) is 21.0. The molecular formula is C30H42N2O4. The third-order valence-corrected chi connectivity index (χ3v) is 11.8. The van der Waals surface area contributed by atoms with Gasteiger partial charge in [-0.2, -0.15) is 0 Å². The van der Waals surface area contributed by atoms with E-state index in [1.54, 1.807) is 12.3 Å². The van der Waals surface area contributed by atoms with Gasteiger partial charge in [-0.05, 0) is 116 Å². The minimum absolute atomic E-state index is 0.0560. The van der Waals surface area contributed by atoms with Crippen LogP contribution in [0.3, 0.4) is 0 Å². The summed E-state index contributed by atoms with van der Waals surface area (Å²) in [6.07, 6.45) is 11.5. The lowest BCUT2D eigenvalue weighted by Crippen LogP contribution is -2.58. The van der Waals surface area contributed by atoms with Gasteiger partial charge in [0.15, 0.2) is 11.4 Å². The van der Waals surface area contributed by atoms with Crippen LogP contribution in [-0.2, 0) is 6.42 Å². The van der Waals surface area contributed by atoms with Crippen molar-refractivity contribution >= 4 is 11.0 Å². The van der Waals surface area contributed by atoms with Gasteiger partial charge in [-0.15, -0.1) is 0 Å². The second-order valence-electron chi connectivity index (χ2n) is 13.2. The molecular weight excluding hydrogens is 452 g/mol. The van der Waals surface area contributed by atoms with E-state index in [-0.39, 0.29) is 28.6 Å². The summed E-state index contributed by atoms with van der Waals surface area (Å²) in [5.74, 6) is 3.82. The van der Waals surface area contributed by atoms with Crippen LogP contribution in [0.4, 0.5) is 0 Å². The summed E-state index contributed by atoms with van der Waals surface area (Å²) >= 11 is 0. The standard InChI is InChI=1S/C30H42N2O4/c1-17(6-11-26-32-24-5-4-14-31-27(24)28(35)36-26)21-9-10-22-20-8-7-18-15-19(33)12-13-29(18,2)23(20)16-25(34)30(21,22)3/h4-5,14,17-23,25,33-34H,6-13,15-16H2,1-3H3/t17-,18-,19-,20+,21-,22+,23?,25+,29+,30-/m1/s1. The zero-order chi connectivity index (χ0) is 25.2. The fourth-order valence-corrected chi connectivity index (χ4v) is 9.78. The van der Waals surface area contributed by atoms with E-state index in [1.165, 1.54) is 25.7 Å². The Hall–Kier alpha value is -1.79. The second kappa shape index (κ2) is 8.90. The number of aromatic nitrogens is 2. The molecule has 1 unspecified atom stereocenters. The van der Waals surface area contributed by atoms with Crippen molar-refractivity contribution in [1.29, 1.82) is 0 Å². The number of hydrogen-bond donors (Lipinski definition) is 2. The maximum Gasteiger partial charge on any atom is 0.365 e. The van der Waals surface area contributed by atoms with Crippen LogP contribution < -0.4 is 5.63 Å². The van der Waals surface area contributed by atoms with Crippen LogP contribution in [0.15, 0.2) is 27.5 Å². The Balaban J connectivity index is 1.19. The Morgan fingerprint density at radius 1 is 1.11 bits per heavy atom. The highest BCUT2D eigenvalue weighted by atomic mass is 16.4. The third kappa shape index (κ3) is 3.69. The Bertz CT molecular complexity index is 1180. The largest absolute Gasteiger partial charge is 0.407 e. The van der Waals surface area contributed by atoms with Gasteiger partial charge >= 0.3 is 5.63 Å². The van der Waals surface area contributed by atoms with Crippen LogP contribution in [0.1, 0.15) is 84.4 Å². The molecule has 6 nitrogen and oxygen atoms in total. The van der Waals surface area contributed by atoms with Crippen LogP contribution >= 0.6 is 0 Å². The summed E-state index contributed by atoms with van der Waals surface area (Å²) in [5.41, 5.74) is 0.680. The van der Waals surface area contributed by atoms with E-state index in [2.05, 4.69) is 30.7 Å². The van der Waals surface area contributed by atoms with Gasteiger partial charge < -0.3 is 14.6 Å². The molecule has 4 aliphatic rings. The van der Waals surface area contributed by atoms with Gasteiger partial charge in [-0.25, -0.2) is 14.8 Å². The first kappa shape index (κ1) is 24.5. The van der Waals surface area contributed by atoms with E-state index in [1.807, 2.05) is 6.07 Å². The first-order chi connectivity index (χ1) is 17.2. The summed E-state index contributed by atoms with van der Waals surface area (Å²) in [5, 5.41) is 22.1. The van der Waals surface area contributed by atoms with E-state index < -0.39 is 5.63 Å². The molecule has 196 valence electrons. The van der Waals surface area contributed by atoms with Gasteiger partial charge in [-0.3, -0.25) is 0 Å². The van der Waals surface area contributed by atoms with E-state index in [4.69, 9.17) is 4.42 Å². The maximum absolute atomic E-state index is 12.3. The second-order valence-corrected chi connectivity index (χ2v) is 13.2. The molecule has 0 aromatic carbocycles. The van der Waals surface area contributed by atoms with E-state index in [9.17, 15) is 15.0 Å². The van der Waals surface area contributed by atoms with Crippen molar-refractivity contribution in [2.75, 3.05) is 0 Å². The molecule has 4 saturated carbocycles. The van der Waals surface area contributed by atoms with Crippen molar-refractivity contribution in [3.63, 3.8) is 0 Å². The number of fused-ring (bicyclic) bond motifs is 6. The van der Waals surface area contributed by atoms with Crippen LogP contribution in [0.2, 0.25) is 0 Å². The van der Waals surface area contributed by atoms with Gasteiger partial charge in [0.1, 0.15) is 0 Å². The molecule has 2 aromatic heterocycles. The fraction of sp³-hybridized carbons (Fsp3) is 0.767. The highest BCUT2D eigenvalue weighted by Gasteiger charge is 2.63. The fourth-order valence-electron chi connectivity index (χ4n) is 9.78. The quantitative estimate of drug-likeness (QED) is 0.611.